The van der Waals surface area contributed by atoms with Crippen molar-refractivity contribution in [1.82, 2.24) is 9.62 Å². The molecule has 150 valence electrons. The minimum atomic E-state index is -3.91. The van der Waals surface area contributed by atoms with Crippen LogP contribution >= 0.6 is 0 Å². The highest BCUT2D eigenvalue weighted by Crippen LogP contribution is 2.26. The number of benzene rings is 1. The molecule has 1 aliphatic heterocycles. The van der Waals surface area contributed by atoms with Crippen LogP contribution in [0.15, 0.2) is 29.2 Å². The molecule has 2 rings (SSSR count). The van der Waals surface area contributed by atoms with Crippen LogP contribution in [0.25, 0.3) is 0 Å². The molecule has 2 N–H and O–H groups in total. The van der Waals surface area contributed by atoms with Crippen LogP contribution in [0.4, 0.5) is 0 Å². The largest absolute Gasteiger partial charge is 0.478 e. The number of carbonyl (C=O) groups is 2. The van der Waals surface area contributed by atoms with E-state index in [0.29, 0.717) is 12.8 Å². The SMILES string of the molecule is CCCC(C)(C)NC(=O)C1CCN(S(=O)(=O)c2ccccc2C(=O)O)CC1. The van der Waals surface area contributed by atoms with Crippen molar-refractivity contribution in [2.75, 3.05) is 13.1 Å². The predicted octanol–water partition coefficient (Wildman–Crippen LogP) is 2.48. The Morgan fingerprint density at radius 3 is 2.37 bits per heavy atom. The molecule has 27 heavy (non-hydrogen) atoms. The first-order chi connectivity index (χ1) is 12.6. The normalized spacial score (nSPS) is 16.9. The summed E-state index contributed by atoms with van der Waals surface area (Å²) < 4.78 is 27.0. The first-order valence-corrected chi connectivity index (χ1v) is 10.7. The lowest BCUT2D eigenvalue weighted by molar-refractivity contribution is -0.127. The Hall–Kier alpha value is -1.93. The molecule has 1 saturated heterocycles. The molecule has 0 aliphatic carbocycles. The summed E-state index contributed by atoms with van der Waals surface area (Å²) in [5, 5.41) is 12.3. The Kier molecular flexibility index (Phi) is 6.64. The van der Waals surface area contributed by atoms with Gasteiger partial charge >= 0.3 is 5.97 Å². The Labute approximate surface area is 160 Å². The van der Waals surface area contributed by atoms with Gasteiger partial charge in [0, 0.05) is 24.5 Å². The Balaban J connectivity index is 2.07. The van der Waals surface area contributed by atoms with Gasteiger partial charge in [-0.25, -0.2) is 13.2 Å². The molecule has 1 aliphatic rings. The number of sulfonamides is 1. The van der Waals surface area contributed by atoms with Crippen molar-refractivity contribution >= 4 is 21.9 Å². The summed E-state index contributed by atoms with van der Waals surface area (Å²) in [5.41, 5.74) is -0.520. The fourth-order valence-electron chi connectivity index (χ4n) is 3.49. The maximum atomic E-state index is 12.9. The molecule has 1 aromatic rings. The van der Waals surface area contributed by atoms with Gasteiger partial charge in [-0.3, -0.25) is 4.79 Å². The van der Waals surface area contributed by atoms with Crippen molar-refractivity contribution in [2.45, 2.75) is 56.9 Å². The minimum absolute atomic E-state index is 0.0450. The molecule has 1 heterocycles. The van der Waals surface area contributed by atoms with Gasteiger partial charge in [0.15, 0.2) is 0 Å². The smallest absolute Gasteiger partial charge is 0.337 e. The maximum absolute atomic E-state index is 12.9. The van der Waals surface area contributed by atoms with Crippen LogP contribution in [0.1, 0.15) is 56.8 Å². The first-order valence-electron chi connectivity index (χ1n) is 9.23. The Morgan fingerprint density at radius 1 is 1.22 bits per heavy atom. The van der Waals surface area contributed by atoms with Gasteiger partial charge in [-0.15, -0.1) is 0 Å². The molecule has 7 nitrogen and oxygen atoms in total. The zero-order chi connectivity index (χ0) is 20.2. The van der Waals surface area contributed by atoms with Crippen LogP contribution in [0, 0.1) is 5.92 Å². The van der Waals surface area contributed by atoms with Crippen LogP contribution in [0.2, 0.25) is 0 Å². The first kappa shape index (κ1) is 21.4. The van der Waals surface area contributed by atoms with Gasteiger partial charge in [-0.05, 0) is 45.2 Å². The van der Waals surface area contributed by atoms with Crippen LogP contribution in [-0.4, -0.2) is 48.3 Å². The number of carboxylic acid groups (broad SMARTS) is 1. The summed E-state index contributed by atoms with van der Waals surface area (Å²) in [5.74, 6) is -1.56. The molecule has 8 heteroatoms. The van der Waals surface area contributed by atoms with Crippen LogP contribution in [-0.2, 0) is 14.8 Å². The number of carbonyl (C=O) groups excluding carboxylic acids is 1. The van der Waals surface area contributed by atoms with Crippen molar-refractivity contribution in [3.63, 3.8) is 0 Å². The summed E-state index contributed by atoms with van der Waals surface area (Å²) >= 11 is 0. The van der Waals surface area contributed by atoms with Crippen LogP contribution in [0.5, 0.6) is 0 Å². The van der Waals surface area contributed by atoms with Crippen molar-refractivity contribution in [3.8, 4) is 0 Å². The third-order valence-electron chi connectivity index (χ3n) is 4.90. The molecule has 0 spiro atoms. The number of aromatic carboxylic acids is 1. The van der Waals surface area contributed by atoms with Gasteiger partial charge in [-0.2, -0.15) is 4.31 Å². The highest BCUT2D eigenvalue weighted by molar-refractivity contribution is 7.89. The monoisotopic (exact) mass is 396 g/mol. The number of nitrogens with zero attached hydrogens (tertiary/aromatic N) is 1. The fourth-order valence-corrected chi connectivity index (χ4v) is 5.14. The van der Waals surface area contributed by atoms with Crippen LogP contribution < -0.4 is 5.32 Å². The van der Waals surface area contributed by atoms with Gasteiger partial charge in [0.1, 0.15) is 0 Å². The number of rotatable bonds is 7. The summed E-state index contributed by atoms with van der Waals surface area (Å²) in [4.78, 5) is 23.6. The Bertz CT molecular complexity index is 796. The van der Waals surface area contributed by atoms with Crippen molar-refractivity contribution in [3.05, 3.63) is 29.8 Å². The molecule has 0 unspecified atom stereocenters. The molecular weight excluding hydrogens is 368 g/mol. The van der Waals surface area contributed by atoms with E-state index in [1.807, 2.05) is 13.8 Å². The van der Waals surface area contributed by atoms with E-state index in [1.165, 1.54) is 28.6 Å². The van der Waals surface area contributed by atoms with E-state index >= 15 is 0 Å². The van der Waals surface area contributed by atoms with E-state index in [-0.39, 0.29) is 40.9 Å². The zero-order valence-corrected chi connectivity index (χ0v) is 16.9. The fraction of sp³-hybridized carbons (Fsp3) is 0.579. The molecule has 0 aromatic heterocycles. The number of amides is 1. The lowest BCUT2D eigenvalue weighted by Crippen LogP contribution is -2.49. The standard InChI is InChI=1S/C19H28N2O5S/c1-4-11-19(2,3)20-17(22)14-9-12-21(13-10-14)27(25,26)16-8-6-5-7-15(16)18(23)24/h5-8,14H,4,9-13H2,1-3H3,(H,20,22)(H,23,24). The number of carboxylic acids is 1. The highest BCUT2D eigenvalue weighted by atomic mass is 32.2. The lowest BCUT2D eigenvalue weighted by Gasteiger charge is -2.33. The van der Waals surface area contributed by atoms with Crippen molar-refractivity contribution in [1.29, 1.82) is 0 Å². The number of hydrogen-bond acceptors (Lipinski definition) is 4. The van der Waals surface area contributed by atoms with Gasteiger partial charge in [-0.1, -0.05) is 25.5 Å². The van der Waals surface area contributed by atoms with Gasteiger partial charge in [0.25, 0.3) is 0 Å². The molecular formula is C19H28N2O5S. The second-order valence-electron chi connectivity index (χ2n) is 7.60. The molecule has 0 bridgehead atoms. The number of nitrogens with one attached hydrogen (secondary N) is 1. The Morgan fingerprint density at radius 2 is 1.81 bits per heavy atom. The van der Waals surface area contributed by atoms with Gasteiger partial charge in [0.2, 0.25) is 15.9 Å². The van der Waals surface area contributed by atoms with E-state index in [1.54, 1.807) is 0 Å². The van der Waals surface area contributed by atoms with E-state index in [4.69, 9.17) is 0 Å². The van der Waals surface area contributed by atoms with Crippen molar-refractivity contribution < 1.29 is 23.1 Å². The predicted molar refractivity (Wildman–Crippen MR) is 102 cm³/mol. The summed E-state index contributed by atoms with van der Waals surface area (Å²) in [6, 6.07) is 5.60. The van der Waals surface area contributed by atoms with Gasteiger partial charge in [0.05, 0.1) is 10.5 Å². The third kappa shape index (κ3) is 5.07. The quantitative estimate of drug-likeness (QED) is 0.737. The minimum Gasteiger partial charge on any atom is -0.478 e. The molecule has 0 saturated carbocycles. The zero-order valence-electron chi connectivity index (χ0n) is 16.1. The number of hydrogen-bond donors (Lipinski definition) is 2. The van der Waals surface area contributed by atoms with E-state index in [9.17, 15) is 23.1 Å². The van der Waals surface area contributed by atoms with Crippen molar-refractivity contribution in [2.24, 2.45) is 5.92 Å². The summed E-state index contributed by atoms with van der Waals surface area (Å²) in [7, 11) is -3.91. The average molecular weight is 397 g/mol. The maximum Gasteiger partial charge on any atom is 0.337 e. The average Bonchev–Trinajstić information content (AvgIpc) is 2.61. The van der Waals surface area contributed by atoms with E-state index < -0.39 is 16.0 Å². The van der Waals surface area contributed by atoms with E-state index in [2.05, 4.69) is 12.2 Å². The topological polar surface area (TPSA) is 104 Å². The second kappa shape index (κ2) is 8.39. The molecule has 1 amide bonds. The third-order valence-corrected chi connectivity index (χ3v) is 6.85. The second-order valence-corrected chi connectivity index (χ2v) is 9.51. The van der Waals surface area contributed by atoms with Crippen LogP contribution in [0.3, 0.4) is 0 Å². The molecule has 0 atom stereocenters. The highest BCUT2D eigenvalue weighted by Gasteiger charge is 2.35. The summed E-state index contributed by atoms with van der Waals surface area (Å²) in [6.45, 7) is 6.42. The lowest BCUT2D eigenvalue weighted by atomic mass is 9.93. The van der Waals surface area contributed by atoms with E-state index in [0.717, 1.165) is 12.8 Å². The molecule has 1 fully saturated rings. The molecule has 0 radical (unpaired) electrons. The summed E-state index contributed by atoms with van der Waals surface area (Å²) in [6.07, 6.45) is 2.68. The number of piperidine rings is 1. The van der Waals surface area contributed by atoms with Gasteiger partial charge < -0.3 is 10.4 Å². The molecule has 1 aromatic carbocycles.